The van der Waals surface area contributed by atoms with E-state index < -0.39 is 11.9 Å². The molecule has 80 valence electrons. The number of carboxylic acid groups (broad SMARTS) is 1. The zero-order valence-electron chi connectivity index (χ0n) is 8.23. The molecule has 0 radical (unpaired) electrons. The van der Waals surface area contributed by atoms with E-state index >= 15 is 0 Å². The number of carboxylic acids is 1. The number of ether oxygens (including phenoxy) is 2. The van der Waals surface area contributed by atoms with Gasteiger partial charge in [0.1, 0.15) is 6.61 Å². The van der Waals surface area contributed by atoms with Gasteiger partial charge in [-0.1, -0.05) is 0 Å². The predicted octanol–water partition coefficient (Wildman–Crippen LogP) is 0.595. The Labute approximate surface area is 82.3 Å². The Balaban J connectivity index is 3.50. The highest BCUT2D eigenvalue weighted by Gasteiger charge is 1.98. The van der Waals surface area contributed by atoms with Crippen molar-refractivity contribution in [3.05, 3.63) is 12.2 Å². The fraction of sp³-hybridized carbons (Fsp3) is 0.556. The maximum atomic E-state index is 10.8. The lowest BCUT2D eigenvalue weighted by molar-refractivity contribution is -0.140. The molecule has 0 aliphatic heterocycles. The second-order valence-electron chi connectivity index (χ2n) is 2.76. The van der Waals surface area contributed by atoms with Crippen molar-refractivity contribution in [2.45, 2.75) is 20.0 Å². The van der Waals surface area contributed by atoms with Gasteiger partial charge in [-0.15, -0.1) is 0 Å². The van der Waals surface area contributed by atoms with Gasteiger partial charge in [-0.3, -0.25) is 0 Å². The topological polar surface area (TPSA) is 72.8 Å². The zero-order chi connectivity index (χ0) is 11.0. The first-order valence-electron chi connectivity index (χ1n) is 4.21. The lowest BCUT2D eigenvalue weighted by Crippen LogP contribution is -2.12. The molecule has 0 aliphatic rings. The summed E-state index contributed by atoms with van der Waals surface area (Å²) in [6.07, 6.45) is 1.67. The summed E-state index contributed by atoms with van der Waals surface area (Å²) in [5.41, 5.74) is 0. The second-order valence-corrected chi connectivity index (χ2v) is 2.76. The zero-order valence-corrected chi connectivity index (χ0v) is 8.23. The van der Waals surface area contributed by atoms with E-state index in [1.807, 2.05) is 13.8 Å². The Morgan fingerprint density at radius 1 is 1.29 bits per heavy atom. The molecule has 14 heavy (non-hydrogen) atoms. The smallest absolute Gasteiger partial charge is 0.331 e. The van der Waals surface area contributed by atoms with E-state index in [9.17, 15) is 9.59 Å². The predicted molar refractivity (Wildman–Crippen MR) is 48.8 cm³/mol. The van der Waals surface area contributed by atoms with Crippen LogP contribution in [0.15, 0.2) is 12.2 Å². The SMILES string of the molecule is CC(C)OCCOC(=O)/C=C\C(=O)O. The molecule has 0 aliphatic carbocycles. The maximum Gasteiger partial charge on any atom is 0.331 e. The van der Waals surface area contributed by atoms with Crippen molar-refractivity contribution < 1.29 is 24.2 Å². The van der Waals surface area contributed by atoms with Crippen LogP contribution < -0.4 is 0 Å². The van der Waals surface area contributed by atoms with Crippen LogP contribution in [-0.2, 0) is 19.1 Å². The average Bonchev–Trinajstić information content (AvgIpc) is 2.08. The first kappa shape index (κ1) is 12.6. The maximum absolute atomic E-state index is 10.8. The lowest BCUT2D eigenvalue weighted by atomic mass is 10.5. The molecule has 0 aromatic heterocycles. The number of hydrogen-bond acceptors (Lipinski definition) is 4. The van der Waals surface area contributed by atoms with Gasteiger partial charge in [0, 0.05) is 12.2 Å². The summed E-state index contributed by atoms with van der Waals surface area (Å²) < 4.78 is 9.73. The Bertz CT molecular complexity index is 219. The standard InChI is InChI=1S/C9H14O5/c1-7(2)13-5-6-14-9(12)4-3-8(10)11/h3-4,7H,5-6H2,1-2H3,(H,10,11)/b4-3-. The Hall–Kier alpha value is -1.36. The van der Waals surface area contributed by atoms with Crippen molar-refractivity contribution in [3.8, 4) is 0 Å². The molecule has 0 rings (SSSR count). The molecule has 0 spiro atoms. The van der Waals surface area contributed by atoms with Gasteiger partial charge in [-0.2, -0.15) is 0 Å². The van der Waals surface area contributed by atoms with Crippen molar-refractivity contribution in [1.82, 2.24) is 0 Å². The van der Waals surface area contributed by atoms with E-state index in [1.165, 1.54) is 0 Å². The van der Waals surface area contributed by atoms with E-state index in [0.717, 1.165) is 12.2 Å². The monoisotopic (exact) mass is 202 g/mol. The number of carbonyl (C=O) groups excluding carboxylic acids is 1. The third-order valence-corrected chi connectivity index (χ3v) is 1.14. The summed E-state index contributed by atoms with van der Waals surface area (Å²) >= 11 is 0. The first-order chi connectivity index (χ1) is 6.52. The largest absolute Gasteiger partial charge is 0.478 e. The third kappa shape index (κ3) is 8.73. The highest BCUT2D eigenvalue weighted by atomic mass is 16.6. The highest BCUT2D eigenvalue weighted by Crippen LogP contribution is 1.88. The van der Waals surface area contributed by atoms with Gasteiger partial charge >= 0.3 is 11.9 Å². The molecule has 0 unspecified atom stereocenters. The van der Waals surface area contributed by atoms with E-state index in [-0.39, 0.29) is 12.7 Å². The van der Waals surface area contributed by atoms with E-state index in [4.69, 9.17) is 9.84 Å². The van der Waals surface area contributed by atoms with Gasteiger partial charge in [0.15, 0.2) is 0 Å². The van der Waals surface area contributed by atoms with Crippen molar-refractivity contribution in [3.63, 3.8) is 0 Å². The van der Waals surface area contributed by atoms with Crippen LogP contribution in [0, 0.1) is 0 Å². The minimum absolute atomic E-state index is 0.0864. The average molecular weight is 202 g/mol. The van der Waals surface area contributed by atoms with E-state index in [2.05, 4.69) is 4.74 Å². The number of rotatable bonds is 6. The lowest BCUT2D eigenvalue weighted by Gasteiger charge is -2.06. The van der Waals surface area contributed by atoms with Crippen LogP contribution in [0.3, 0.4) is 0 Å². The summed E-state index contributed by atoms with van der Waals surface area (Å²) in [6.45, 7) is 4.17. The number of aliphatic carboxylic acids is 1. The summed E-state index contributed by atoms with van der Waals surface area (Å²) in [5, 5.41) is 8.19. The minimum Gasteiger partial charge on any atom is -0.478 e. The fourth-order valence-corrected chi connectivity index (χ4v) is 0.614. The van der Waals surface area contributed by atoms with Gasteiger partial charge in [-0.25, -0.2) is 9.59 Å². The third-order valence-electron chi connectivity index (χ3n) is 1.14. The Morgan fingerprint density at radius 2 is 1.93 bits per heavy atom. The molecule has 0 atom stereocenters. The molecule has 5 nitrogen and oxygen atoms in total. The van der Waals surface area contributed by atoms with Gasteiger partial charge in [0.05, 0.1) is 12.7 Å². The van der Waals surface area contributed by atoms with Crippen LogP contribution in [-0.4, -0.2) is 36.4 Å². The van der Waals surface area contributed by atoms with E-state index in [1.54, 1.807) is 0 Å². The molecule has 0 fully saturated rings. The van der Waals surface area contributed by atoms with Crippen molar-refractivity contribution in [2.24, 2.45) is 0 Å². The number of hydrogen-bond donors (Lipinski definition) is 1. The summed E-state index contributed by atoms with van der Waals surface area (Å²) in [4.78, 5) is 20.8. The quantitative estimate of drug-likeness (QED) is 0.388. The normalized spacial score (nSPS) is 10.8. The Kier molecular flexibility index (Phi) is 6.39. The van der Waals surface area contributed by atoms with Crippen molar-refractivity contribution in [2.75, 3.05) is 13.2 Å². The summed E-state index contributed by atoms with van der Waals surface area (Å²) in [7, 11) is 0. The molecule has 5 heteroatoms. The van der Waals surface area contributed by atoms with Crippen LogP contribution in [0.25, 0.3) is 0 Å². The minimum atomic E-state index is -1.18. The van der Waals surface area contributed by atoms with Crippen LogP contribution in [0.1, 0.15) is 13.8 Å². The summed E-state index contributed by atoms with van der Waals surface area (Å²) in [6, 6.07) is 0. The molecule has 1 N–H and O–H groups in total. The molecule has 0 heterocycles. The summed E-state index contributed by atoms with van der Waals surface area (Å²) in [5.74, 6) is -1.86. The molecule has 0 saturated heterocycles. The Morgan fingerprint density at radius 3 is 2.43 bits per heavy atom. The highest BCUT2D eigenvalue weighted by molar-refractivity contribution is 5.90. The van der Waals surface area contributed by atoms with Gasteiger partial charge in [0.2, 0.25) is 0 Å². The van der Waals surface area contributed by atoms with Crippen molar-refractivity contribution in [1.29, 1.82) is 0 Å². The molecule has 0 aromatic carbocycles. The van der Waals surface area contributed by atoms with Crippen LogP contribution in [0.5, 0.6) is 0 Å². The van der Waals surface area contributed by atoms with Crippen LogP contribution >= 0.6 is 0 Å². The number of carbonyl (C=O) groups is 2. The first-order valence-corrected chi connectivity index (χ1v) is 4.21. The molecule has 0 saturated carbocycles. The van der Waals surface area contributed by atoms with Gasteiger partial charge in [0.25, 0.3) is 0 Å². The molecule has 0 aromatic rings. The molecule has 0 amide bonds. The second kappa shape index (κ2) is 7.08. The van der Waals surface area contributed by atoms with Gasteiger partial charge in [-0.05, 0) is 13.8 Å². The molecular weight excluding hydrogens is 188 g/mol. The van der Waals surface area contributed by atoms with E-state index in [0.29, 0.717) is 6.61 Å². The van der Waals surface area contributed by atoms with Crippen molar-refractivity contribution >= 4 is 11.9 Å². The number of esters is 1. The fourth-order valence-electron chi connectivity index (χ4n) is 0.614. The van der Waals surface area contributed by atoms with Crippen LogP contribution in [0.4, 0.5) is 0 Å². The van der Waals surface area contributed by atoms with Crippen LogP contribution in [0.2, 0.25) is 0 Å². The molecule has 0 bridgehead atoms. The molecular formula is C9H14O5. The van der Waals surface area contributed by atoms with Gasteiger partial charge < -0.3 is 14.6 Å².